The molecule has 0 rings (SSSR count). The fourth-order valence-electron chi connectivity index (χ4n) is 1.66. The molecule has 1 nitrogen and oxygen atoms in total. The van der Waals surface area contributed by atoms with E-state index in [2.05, 4.69) is 31.2 Å². The van der Waals surface area contributed by atoms with E-state index in [-0.39, 0.29) is 0 Å². The van der Waals surface area contributed by atoms with Crippen molar-refractivity contribution < 1.29 is 4.79 Å². The molecule has 0 bridgehead atoms. The standard InChI is InChI=1S/C16H27O/c1-2-3-4-5-6-7-8-9-10-11-12-13-14-15-16-17/h5-8H,2-4,9-15H2,1H3. The van der Waals surface area contributed by atoms with Crippen LogP contribution in [-0.4, -0.2) is 6.29 Å². The van der Waals surface area contributed by atoms with Crippen molar-refractivity contribution in [3.63, 3.8) is 0 Å². The van der Waals surface area contributed by atoms with E-state index in [9.17, 15) is 4.79 Å². The minimum absolute atomic E-state index is 0.614. The highest BCUT2D eigenvalue weighted by Gasteiger charge is 1.89. The van der Waals surface area contributed by atoms with E-state index in [1.807, 2.05) is 6.29 Å². The van der Waals surface area contributed by atoms with Gasteiger partial charge in [0.05, 0.1) is 0 Å². The number of carbonyl (C=O) groups excluding carboxylic acids is 1. The van der Waals surface area contributed by atoms with Crippen molar-refractivity contribution in [2.45, 2.75) is 71.1 Å². The molecule has 0 saturated heterocycles. The van der Waals surface area contributed by atoms with Crippen LogP contribution in [0.25, 0.3) is 0 Å². The highest BCUT2D eigenvalue weighted by Crippen LogP contribution is 2.06. The van der Waals surface area contributed by atoms with Gasteiger partial charge in [-0.15, -0.1) is 0 Å². The van der Waals surface area contributed by atoms with E-state index >= 15 is 0 Å². The number of hydrogen-bond acceptors (Lipinski definition) is 1. The molecule has 1 radical (unpaired) electrons. The van der Waals surface area contributed by atoms with Crippen LogP contribution in [0, 0.1) is 0 Å². The van der Waals surface area contributed by atoms with E-state index in [0.717, 1.165) is 6.42 Å². The first-order valence-electron chi connectivity index (χ1n) is 7.08. The Hall–Kier alpha value is -0.850. The first kappa shape index (κ1) is 16.1. The Kier molecular flexibility index (Phi) is 14.4. The maximum atomic E-state index is 9.97. The second kappa shape index (κ2) is 15.1. The molecule has 97 valence electrons. The Morgan fingerprint density at radius 3 is 2.06 bits per heavy atom. The summed E-state index contributed by atoms with van der Waals surface area (Å²) in [5.74, 6) is 0. The van der Waals surface area contributed by atoms with Gasteiger partial charge in [0, 0.05) is 6.42 Å². The van der Waals surface area contributed by atoms with Gasteiger partial charge in [-0.1, -0.05) is 63.3 Å². The van der Waals surface area contributed by atoms with Crippen LogP contribution in [0.5, 0.6) is 0 Å². The lowest BCUT2D eigenvalue weighted by molar-refractivity contribution is 0.542. The van der Waals surface area contributed by atoms with Gasteiger partial charge in [-0.2, -0.15) is 0 Å². The second-order valence-electron chi connectivity index (χ2n) is 4.45. The monoisotopic (exact) mass is 235 g/mol. The first-order valence-corrected chi connectivity index (χ1v) is 7.08. The van der Waals surface area contributed by atoms with Gasteiger partial charge in [0.15, 0.2) is 6.29 Å². The van der Waals surface area contributed by atoms with Crippen LogP contribution in [0.4, 0.5) is 0 Å². The van der Waals surface area contributed by atoms with Crippen molar-refractivity contribution in [2.75, 3.05) is 0 Å². The highest BCUT2D eigenvalue weighted by atomic mass is 16.1. The Morgan fingerprint density at radius 1 is 0.824 bits per heavy atom. The summed E-state index contributed by atoms with van der Waals surface area (Å²) in [4.78, 5) is 9.97. The SMILES string of the molecule is CCCCC=CC=CCCCCCCC[C]=O. The molecule has 0 spiro atoms. The maximum Gasteiger partial charge on any atom is 0.198 e. The van der Waals surface area contributed by atoms with Crippen molar-refractivity contribution in [2.24, 2.45) is 0 Å². The normalized spacial score (nSPS) is 11.6. The predicted octanol–water partition coefficient (Wildman–Crippen LogP) is 5.13. The molecule has 0 aromatic heterocycles. The summed E-state index contributed by atoms with van der Waals surface area (Å²) in [5, 5.41) is 0. The average Bonchev–Trinajstić information content (AvgIpc) is 2.35. The fourth-order valence-corrected chi connectivity index (χ4v) is 1.66. The number of unbranched alkanes of at least 4 members (excludes halogenated alkanes) is 8. The van der Waals surface area contributed by atoms with Gasteiger partial charge >= 0.3 is 0 Å². The Balaban J connectivity index is 3.13. The molecule has 0 atom stereocenters. The smallest absolute Gasteiger partial charge is 0.198 e. The van der Waals surface area contributed by atoms with Gasteiger partial charge in [-0.3, -0.25) is 4.79 Å². The van der Waals surface area contributed by atoms with Gasteiger partial charge < -0.3 is 0 Å². The lowest BCUT2D eigenvalue weighted by Crippen LogP contribution is -1.79. The van der Waals surface area contributed by atoms with E-state index in [0.29, 0.717) is 6.42 Å². The quantitative estimate of drug-likeness (QED) is 0.338. The molecule has 0 aliphatic rings. The van der Waals surface area contributed by atoms with Gasteiger partial charge in [-0.05, 0) is 25.7 Å². The largest absolute Gasteiger partial charge is 0.291 e. The minimum Gasteiger partial charge on any atom is -0.291 e. The average molecular weight is 235 g/mol. The summed E-state index contributed by atoms with van der Waals surface area (Å²) in [6.45, 7) is 2.22. The van der Waals surface area contributed by atoms with Gasteiger partial charge in [0.2, 0.25) is 0 Å². The van der Waals surface area contributed by atoms with Crippen molar-refractivity contribution >= 4 is 6.29 Å². The molecule has 0 fully saturated rings. The molecular formula is C16H27O. The van der Waals surface area contributed by atoms with Crippen LogP contribution in [0.1, 0.15) is 71.1 Å². The summed E-state index contributed by atoms with van der Waals surface area (Å²) < 4.78 is 0. The Labute approximate surface area is 107 Å². The van der Waals surface area contributed by atoms with E-state index < -0.39 is 0 Å². The molecule has 0 saturated carbocycles. The first-order chi connectivity index (χ1) is 8.41. The van der Waals surface area contributed by atoms with Crippen LogP contribution >= 0.6 is 0 Å². The molecule has 1 heteroatoms. The molecule has 0 N–H and O–H groups in total. The Bertz CT molecular complexity index is 204. The zero-order valence-electron chi connectivity index (χ0n) is 11.3. The van der Waals surface area contributed by atoms with Crippen LogP contribution in [0.15, 0.2) is 24.3 Å². The minimum atomic E-state index is 0.614. The van der Waals surface area contributed by atoms with Gasteiger partial charge in [0.25, 0.3) is 0 Å². The third-order valence-electron chi connectivity index (χ3n) is 2.76. The number of rotatable bonds is 12. The maximum absolute atomic E-state index is 9.97. The van der Waals surface area contributed by atoms with E-state index in [4.69, 9.17) is 0 Å². The van der Waals surface area contributed by atoms with Crippen LogP contribution in [0.3, 0.4) is 0 Å². The molecule has 0 aromatic rings. The summed E-state index contributed by atoms with van der Waals surface area (Å²) >= 11 is 0. The van der Waals surface area contributed by atoms with Gasteiger partial charge in [-0.25, -0.2) is 0 Å². The molecule has 0 aliphatic heterocycles. The summed E-state index contributed by atoms with van der Waals surface area (Å²) in [5.41, 5.74) is 0. The van der Waals surface area contributed by atoms with Crippen molar-refractivity contribution in [1.29, 1.82) is 0 Å². The summed E-state index contributed by atoms with van der Waals surface area (Å²) in [6.07, 6.45) is 22.3. The molecule has 17 heavy (non-hydrogen) atoms. The zero-order valence-corrected chi connectivity index (χ0v) is 11.3. The zero-order chi connectivity index (χ0) is 12.6. The highest BCUT2D eigenvalue weighted by molar-refractivity contribution is 5.50. The molecular weight excluding hydrogens is 208 g/mol. The van der Waals surface area contributed by atoms with Crippen LogP contribution in [-0.2, 0) is 4.79 Å². The van der Waals surface area contributed by atoms with Crippen molar-refractivity contribution in [1.82, 2.24) is 0 Å². The molecule has 0 heterocycles. The number of hydrogen-bond donors (Lipinski definition) is 0. The molecule has 0 unspecified atom stereocenters. The third kappa shape index (κ3) is 15.1. The lowest BCUT2D eigenvalue weighted by Gasteiger charge is -1.96. The van der Waals surface area contributed by atoms with Crippen LogP contribution in [0.2, 0.25) is 0 Å². The lowest BCUT2D eigenvalue weighted by atomic mass is 10.1. The summed E-state index contributed by atoms with van der Waals surface area (Å²) in [6, 6.07) is 0. The van der Waals surface area contributed by atoms with Crippen molar-refractivity contribution in [3.8, 4) is 0 Å². The molecule has 0 amide bonds. The topological polar surface area (TPSA) is 17.1 Å². The Morgan fingerprint density at radius 2 is 1.41 bits per heavy atom. The number of allylic oxidation sites excluding steroid dienone is 4. The fraction of sp³-hybridized carbons (Fsp3) is 0.688. The molecule has 0 aromatic carbocycles. The van der Waals surface area contributed by atoms with Crippen molar-refractivity contribution in [3.05, 3.63) is 24.3 Å². The predicted molar refractivity (Wildman–Crippen MR) is 75.8 cm³/mol. The summed E-state index contributed by atoms with van der Waals surface area (Å²) in [7, 11) is 0. The van der Waals surface area contributed by atoms with E-state index in [1.54, 1.807) is 0 Å². The van der Waals surface area contributed by atoms with E-state index in [1.165, 1.54) is 51.4 Å². The van der Waals surface area contributed by atoms with Gasteiger partial charge in [0.1, 0.15) is 0 Å². The molecule has 0 aliphatic carbocycles. The second-order valence-corrected chi connectivity index (χ2v) is 4.45. The third-order valence-corrected chi connectivity index (χ3v) is 2.76. The van der Waals surface area contributed by atoms with Crippen LogP contribution < -0.4 is 0 Å².